The highest BCUT2D eigenvalue weighted by Gasteiger charge is 2.26. The predicted octanol–water partition coefficient (Wildman–Crippen LogP) is 4.17. The maximum absolute atomic E-state index is 11.0. The molecule has 1 aromatic carbocycles. The van der Waals surface area contributed by atoms with Crippen molar-refractivity contribution in [1.29, 1.82) is 0 Å². The van der Waals surface area contributed by atoms with Crippen molar-refractivity contribution in [1.82, 2.24) is 0 Å². The van der Waals surface area contributed by atoms with Crippen molar-refractivity contribution in [3.8, 4) is 5.75 Å². The van der Waals surface area contributed by atoms with E-state index in [9.17, 15) is 4.79 Å². The van der Waals surface area contributed by atoms with Crippen LogP contribution >= 0.6 is 11.6 Å². The van der Waals surface area contributed by atoms with Gasteiger partial charge in [0.15, 0.2) is 0 Å². The smallest absolute Gasteiger partial charge is 0.309 e. The summed E-state index contributed by atoms with van der Waals surface area (Å²) in [5, 5.41) is 9.75. The van der Waals surface area contributed by atoms with Crippen LogP contribution in [0, 0.1) is 5.41 Å². The summed E-state index contributed by atoms with van der Waals surface area (Å²) in [7, 11) is 0. The Morgan fingerprint density at radius 2 is 2.11 bits per heavy atom. The molecule has 3 nitrogen and oxygen atoms in total. The molecular formula is C15H21ClO3. The number of aryl methyl sites for hydroxylation is 1. The lowest BCUT2D eigenvalue weighted by atomic mass is 9.88. The molecule has 0 bridgehead atoms. The van der Waals surface area contributed by atoms with Gasteiger partial charge >= 0.3 is 5.97 Å². The van der Waals surface area contributed by atoms with Gasteiger partial charge in [-0.1, -0.05) is 18.5 Å². The van der Waals surface area contributed by atoms with Crippen molar-refractivity contribution in [3.05, 3.63) is 28.8 Å². The molecule has 0 fully saturated rings. The van der Waals surface area contributed by atoms with E-state index in [1.807, 2.05) is 25.1 Å². The van der Waals surface area contributed by atoms with E-state index in [4.69, 9.17) is 21.4 Å². The van der Waals surface area contributed by atoms with Gasteiger partial charge in [-0.25, -0.2) is 0 Å². The Labute approximate surface area is 119 Å². The van der Waals surface area contributed by atoms with Crippen LogP contribution in [0.4, 0.5) is 0 Å². The fourth-order valence-corrected chi connectivity index (χ4v) is 1.97. The molecule has 0 unspecified atom stereocenters. The fourth-order valence-electron chi connectivity index (χ4n) is 1.72. The van der Waals surface area contributed by atoms with Crippen molar-refractivity contribution in [2.24, 2.45) is 5.41 Å². The van der Waals surface area contributed by atoms with Gasteiger partial charge in [-0.15, -0.1) is 0 Å². The minimum absolute atomic E-state index is 0.515. The Hall–Kier alpha value is -1.22. The van der Waals surface area contributed by atoms with Crippen molar-refractivity contribution in [2.75, 3.05) is 6.61 Å². The Bertz CT molecular complexity index is 441. The molecule has 0 spiro atoms. The molecule has 1 rings (SSSR count). The van der Waals surface area contributed by atoms with Gasteiger partial charge in [0.25, 0.3) is 0 Å². The number of halogens is 1. The minimum Gasteiger partial charge on any atom is -0.494 e. The maximum Gasteiger partial charge on any atom is 0.309 e. The molecule has 0 aliphatic heterocycles. The van der Waals surface area contributed by atoms with Gasteiger partial charge in [0, 0.05) is 5.02 Å². The third kappa shape index (κ3) is 4.75. The standard InChI is InChI=1S/C15H21ClO3/c1-4-11-10-12(6-7-13(11)16)19-9-5-8-15(2,3)14(17)18/h6-7,10H,4-5,8-9H2,1-3H3,(H,17,18). The van der Waals surface area contributed by atoms with Crippen LogP contribution in [0.15, 0.2) is 18.2 Å². The second-order valence-electron chi connectivity index (χ2n) is 5.25. The van der Waals surface area contributed by atoms with Gasteiger partial charge in [-0.2, -0.15) is 0 Å². The number of rotatable bonds is 7. The van der Waals surface area contributed by atoms with Gasteiger partial charge < -0.3 is 9.84 Å². The summed E-state index contributed by atoms with van der Waals surface area (Å²) in [6.07, 6.45) is 2.17. The molecule has 0 amide bonds. The van der Waals surface area contributed by atoms with Crippen LogP contribution in [0.25, 0.3) is 0 Å². The molecule has 0 aromatic heterocycles. The summed E-state index contributed by atoms with van der Waals surface area (Å²) >= 11 is 6.03. The van der Waals surface area contributed by atoms with E-state index in [0.29, 0.717) is 19.4 Å². The number of carboxylic acids is 1. The number of benzene rings is 1. The predicted molar refractivity (Wildman–Crippen MR) is 77.0 cm³/mol. The van der Waals surface area contributed by atoms with Crippen LogP contribution < -0.4 is 4.74 Å². The van der Waals surface area contributed by atoms with E-state index in [1.54, 1.807) is 13.8 Å². The Morgan fingerprint density at radius 1 is 1.42 bits per heavy atom. The van der Waals surface area contributed by atoms with Crippen LogP contribution in [-0.2, 0) is 11.2 Å². The third-order valence-electron chi connectivity index (χ3n) is 3.19. The first-order chi connectivity index (χ1) is 8.86. The second-order valence-corrected chi connectivity index (χ2v) is 5.66. The lowest BCUT2D eigenvalue weighted by Crippen LogP contribution is -2.24. The highest BCUT2D eigenvalue weighted by atomic mass is 35.5. The van der Waals surface area contributed by atoms with Gasteiger partial charge in [0.2, 0.25) is 0 Å². The summed E-state index contributed by atoms with van der Waals surface area (Å²) in [4.78, 5) is 11.0. The molecule has 19 heavy (non-hydrogen) atoms. The molecule has 106 valence electrons. The van der Waals surface area contributed by atoms with E-state index >= 15 is 0 Å². The first-order valence-corrected chi connectivity index (χ1v) is 6.89. The Kier molecular flexibility index (Phi) is 5.67. The van der Waals surface area contributed by atoms with Crippen LogP contribution in [0.2, 0.25) is 5.02 Å². The average molecular weight is 285 g/mol. The summed E-state index contributed by atoms with van der Waals surface area (Å²) in [5.74, 6) is 0.0154. The summed E-state index contributed by atoms with van der Waals surface area (Å²) in [6, 6.07) is 5.60. The highest BCUT2D eigenvalue weighted by molar-refractivity contribution is 6.31. The molecule has 0 saturated carbocycles. The number of aliphatic carboxylic acids is 1. The fraction of sp³-hybridized carbons (Fsp3) is 0.533. The summed E-state index contributed by atoms with van der Waals surface area (Å²) < 4.78 is 5.63. The number of hydrogen-bond donors (Lipinski definition) is 1. The molecule has 1 aromatic rings. The Morgan fingerprint density at radius 3 is 2.68 bits per heavy atom. The molecular weight excluding hydrogens is 264 g/mol. The number of hydrogen-bond acceptors (Lipinski definition) is 2. The third-order valence-corrected chi connectivity index (χ3v) is 3.56. The van der Waals surface area contributed by atoms with Crippen molar-refractivity contribution in [3.63, 3.8) is 0 Å². The zero-order chi connectivity index (χ0) is 14.5. The largest absolute Gasteiger partial charge is 0.494 e. The molecule has 0 heterocycles. The quantitative estimate of drug-likeness (QED) is 0.764. The van der Waals surface area contributed by atoms with Crippen LogP contribution in [0.1, 0.15) is 39.2 Å². The van der Waals surface area contributed by atoms with Crippen molar-refractivity contribution >= 4 is 17.6 Å². The first-order valence-electron chi connectivity index (χ1n) is 6.51. The van der Waals surface area contributed by atoms with E-state index in [0.717, 1.165) is 22.8 Å². The zero-order valence-electron chi connectivity index (χ0n) is 11.7. The average Bonchev–Trinajstić information content (AvgIpc) is 2.36. The van der Waals surface area contributed by atoms with Crippen molar-refractivity contribution in [2.45, 2.75) is 40.0 Å². The molecule has 1 N–H and O–H groups in total. The lowest BCUT2D eigenvalue weighted by molar-refractivity contribution is -0.147. The molecule has 0 radical (unpaired) electrons. The monoisotopic (exact) mass is 284 g/mol. The lowest BCUT2D eigenvalue weighted by Gasteiger charge is -2.18. The summed E-state index contributed by atoms with van der Waals surface area (Å²) in [6.45, 7) is 6.02. The van der Waals surface area contributed by atoms with Crippen LogP contribution in [-0.4, -0.2) is 17.7 Å². The number of carboxylic acid groups (broad SMARTS) is 1. The SMILES string of the molecule is CCc1cc(OCCCC(C)(C)C(=O)O)ccc1Cl. The van der Waals surface area contributed by atoms with Gasteiger partial charge in [-0.3, -0.25) is 4.79 Å². The topological polar surface area (TPSA) is 46.5 Å². The van der Waals surface area contributed by atoms with Crippen LogP contribution in [0.5, 0.6) is 5.75 Å². The van der Waals surface area contributed by atoms with Gasteiger partial charge in [0.05, 0.1) is 12.0 Å². The normalized spacial score (nSPS) is 11.4. The maximum atomic E-state index is 11.0. The van der Waals surface area contributed by atoms with Gasteiger partial charge in [-0.05, 0) is 56.9 Å². The summed E-state index contributed by atoms with van der Waals surface area (Å²) in [5.41, 5.74) is 0.364. The first kappa shape index (κ1) is 15.8. The number of ether oxygens (including phenoxy) is 1. The molecule has 0 atom stereocenters. The molecule has 0 aliphatic carbocycles. The van der Waals surface area contributed by atoms with Gasteiger partial charge in [0.1, 0.15) is 5.75 Å². The van der Waals surface area contributed by atoms with Crippen molar-refractivity contribution < 1.29 is 14.6 Å². The van der Waals surface area contributed by atoms with E-state index in [-0.39, 0.29) is 0 Å². The van der Waals surface area contributed by atoms with Crippen LogP contribution in [0.3, 0.4) is 0 Å². The zero-order valence-corrected chi connectivity index (χ0v) is 12.5. The van der Waals surface area contributed by atoms with E-state index in [2.05, 4.69) is 0 Å². The van der Waals surface area contributed by atoms with E-state index in [1.165, 1.54) is 0 Å². The van der Waals surface area contributed by atoms with E-state index < -0.39 is 11.4 Å². The molecule has 0 saturated heterocycles. The highest BCUT2D eigenvalue weighted by Crippen LogP contribution is 2.24. The molecule has 0 aliphatic rings. The Balaban J connectivity index is 2.44. The number of carbonyl (C=O) groups is 1. The minimum atomic E-state index is -0.771. The molecule has 4 heteroatoms. The second kappa shape index (κ2) is 6.80.